The fourth-order valence-electron chi connectivity index (χ4n) is 2.37. The normalized spacial score (nSPS) is 11.2. The van der Waals surface area contributed by atoms with Crippen molar-refractivity contribution in [2.45, 2.75) is 4.90 Å². The number of hydrogen-bond donors (Lipinski definition) is 1. The Morgan fingerprint density at radius 2 is 1.57 bits per heavy atom. The monoisotopic (exact) mass is 428 g/mol. The average Bonchev–Trinajstić information content (AvgIpc) is 2.68. The first kappa shape index (κ1) is 21.8. The van der Waals surface area contributed by atoms with Gasteiger partial charge >= 0.3 is 0 Å². The number of carbonyl (C=O) groups is 1. The largest absolute Gasteiger partial charge is 0.495 e. The summed E-state index contributed by atoms with van der Waals surface area (Å²) >= 11 is 6.06. The molecule has 2 aromatic carbocycles. The second-order valence-corrected chi connectivity index (χ2v) is 8.32. The number of hydrogen-bond acceptors (Lipinski definition) is 6. The highest BCUT2D eigenvalue weighted by molar-refractivity contribution is 7.89. The van der Waals surface area contributed by atoms with Crippen molar-refractivity contribution in [3.05, 3.63) is 40.9 Å². The maximum atomic E-state index is 12.7. The first-order chi connectivity index (χ1) is 13.1. The number of nitrogens with one attached hydrogen (secondary N) is 1. The summed E-state index contributed by atoms with van der Waals surface area (Å²) in [4.78, 5) is 12.6. The van der Waals surface area contributed by atoms with Crippen LogP contribution in [0.2, 0.25) is 5.02 Å². The van der Waals surface area contributed by atoms with E-state index in [1.54, 1.807) is 0 Å². The summed E-state index contributed by atoms with van der Waals surface area (Å²) in [6.07, 6.45) is 0. The highest BCUT2D eigenvalue weighted by Gasteiger charge is 2.24. The van der Waals surface area contributed by atoms with E-state index in [9.17, 15) is 13.2 Å². The minimum atomic E-state index is -3.81. The van der Waals surface area contributed by atoms with Gasteiger partial charge in [-0.3, -0.25) is 4.79 Å². The van der Waals surface area contributed by atoms with E-state index in [0.717, 1.165) is 4.31 Å². The van der Waals surface area contributed by atoms with Gasteiger partial charge in [0, 0.05) is 31.8 Å². The van der Waals surface area contributed by atoms with E-state index in [4.69, 9.17) is 25.8 Å². The Morgan fingerprint density at radius 1 is 0.964 bits per heavy atom. The molecule has 0 aliphatic carbocycles. The standard InChI is InChI=1S/C18H21ClN2O6S/c1-21(2)28(23,24)17-8-11(6-7-14(17)25-3)18(22)20-13-10-15(26-4)12(19)9-16(13)27-5/h6-10H,1-5H3,(H,20,22). The highest BCUT2D eigenvalue weighted by Crippen LogP contribution is 2.36. The number of anilines is 1. The van der Waals surface area contributed by atoms with Crippen LogP contribution in [0.5, 0.6) is 17.2 Å². The molecule has 0 aromatic heterocycles. The summed E-state index contributed by atoms with van der Waals surface area (Å²) in [6.45, 7) is 0. The number of sulfonamides is 1. The number of nitrogens with zero attached hydrogens (tertiary/aromatic N) is 1. The van der Waals surface area contributed by atoms with Gasteiger partial charge in [-0.2, -0.15) is 0 Å². The molecule has 0 heterocycles. The Hall–Kier alpha value is -2.49. The van der Waals surface area contributed by atoms with Crippen molar-refractivity contribution in [3.63, 3.8) is 0 Å². The molecule has 0 unspecified atom stereocenters. The Labute approximate surface area is 169 Å². The van der Waals surface area contributed by atoms with Crippen LogP contribution in [0, 0.1) is 0 Å². The predicted molar refractivity (Wildman–Crippen MR) is 106 cm³/mol. The van der Waals surface area contributed by atoms with Crippen LogP contribution in [-0.2, 0) is 10.0 Å². The van der Waals surface area contributed by atoms with Crippen molar-refractivity contribution in [3.8, 4) is 17.2 Å². The summed E-state index contributed by atoms with van der Waals surface area (Å²) < 4.78 is 41.6. The molecule has 0 fully saturated rings. The Balaban J connectivity index is 2.46. The SMILES string of the molecule is COc1cc(NC(=O)c2ccc(OC)c(S(=O)(=O)N(C)C)c2)c(OC)cc1Cl. The van der Waals surface area contributed by atoms with Crippen LogP contribution in [-0.4, -0.2) is 54.1 Å². The fourth-order valence-corrected chi connectivity index (χ4v) is 3.67. The van der Waals surface area contributed by atoms with Gasteiger partial charge in [0.05, 0.1) is 32.0 Å². The van der Waals surface area contributed by atoms with Crippen molar-refractivity contribution in [2.75, 3.05) is 40.7 Å². The van der Waals surface area contributed by atoms with E-state index in [2.05, 4.69) is 5.32 Å². The highest BCUT2D eigenvalue weighted by atomic mass is 35.5. The van der Waals surface area contributed by atoms with Crippen molar-refractivity contribution >= 4 is 33.2 Å². The molecular formula is C18H21ClN2O6S. The summed E-state index contributed by atoms with van der Waals surface area (Å²) in [6, 6.07) is 7.16. The molecule has 0 saturated heterocycles. The van der Waals surface area contributed by atoms with Gasteiger partial charge in [-0.05, 0) is 18.2 Å². The molecule has 1 amide bonds. The third-order valence-electron chi connectivity index (χ3n) is 3.91. The van der Waals surface area contributed by atoms with Crippen LogP contribution in [0.15, 0.2) is 35.2 Å². The first-order valence-electron chi connectivity index (χ1n) is 7.99. The summed E-state index contributed by atoms with van der Waals surface area (Å²) in [5.74, 6) is 0.272. The zero-order valence-corrected chi connectivity index (χ0v) is 17.6. The van der Waals surface area contributed by atoms with Crippen molar-refractivity contribution in [2.24, 2.45) is 0 Å². The lowest BCUT2D eigenvalue weighted by atomic mass is 10.2. The molecule has 0 aliphatic rings. The molecule has 0 bridgehead atoms. The zero-order chi connectivity index (χ0) is 21.1. The number of benzene rings is 2. The molecule has 10 heteroatoms. The number of carbonyl (C=O) groups excluding carboxylic acids is 1. The second-order valence-electron chi connectivity index (χ2n) is 5.79. The van der Waals surface area contributed by atoms with Crippen LogP contribution in [0.4, 0.5) is 5.69 Å². The third-order valence-corrected chi connectivity index (χ3v) is 6.04. The van der Waals surface area contributed by atoms with Crippen LogP contribution in [0.1, 0.15) is 10.4 Å². The number of halogens is 1. The van der Waals surface area contributed by atoms with Gasteiger partial charge in [-0.25, -0.2) is 12.7 Å². The topological polar surface area (TPSA) is 94.2 Å². The van der Waals surface area contributed by atoms with Crippen LogP contribution < -0.4 is 19.5 Å². The van der Waals surface area contributed by atoms with E-state index >= 15 is 0 Å². The minimum absolute atomic E-state index is 0.117. The van der Waals surface area contributed by atoms with Gasteiger partial charge in [0.1, 0.15) is 22.1 Å². The van der Waals surface area contributed by atoms with Crippen molar-refractivity contribution in [1.29, 1.82) is 0 Å². The van der Waals surface area contributed by atoms with Gasteiger partial charge < -0.3 is 19.5 Å². The number of rotatable bonds is 7. The fraction of sp³-hybridized carbons (Fsp3) is 0.278. The molecule has 0 saturated carbocycles. The van der Waals surface area contributed by atoms with Gasteiger partial charge in [0.2, 0.25) is 10.0 Å². The molecule has 1 N–H and O–H groups in total. The Bertz CT molecular complexity index is 992. The number of ether oxygens (including phenoxy) is 3. The third kappa shape index (κ3) is 4.32. The number of amides is 1. The predicted octanol–water partition coefficient (Wildman–Crippen LogP) is 2.87. The molecule has 0 aliphatic heterocycles. The molecule has 8 nitrogen and oxygen atoms in total. The number of methoxy groups -OCH3 is 3. The van der Waals surface area contributed by atoms with Crippen LogP contribution in [0.3, 0.4) is 0 Å². The average molecular weight is 429 g/mol. The molecule has 152 valence electrons. The van der Waals surface area contributed by atoms with Crippen molar-refractivity contribution in [1.82, 2.24) is 4.31 Å². The molecule has 0 radical (unpaired) electrons. The molecule has 2 aromatic rings. The summed E-state index contributed by atoms with van der Waals surface area (Å²) in [7, 11) is 3.21. The molecule has 0 atom stereocenters. The first-order valence-corrected chi connectivity index (χ1v) is 9.81. The lowest BCUT2D eigenvalue weighted by Gasteiger charge is -2.16. The molecular weight excluding hydrogens is 408 g/mol. The molecule has 2 rings (SSSR count). The van der Waals surface area contributed by atoms with Crippen LogP contribution >= 0.6 is 11.6 Å². The van der Waals surface area contributed by atoms with Crippen LogP contribution in [0.25, 0.3) is 0 Å². The lowest BCUT2D eigenvalue weighted by Crippen LogP contribution is -2.23. The van der Waals surface area contributed by atoms with Crippen molar-refractivity contribution < 1.29 is 27.4 Å². The maximum absolute atomic E-state index is 12.7. The quantitative estimate of drug-likeness (QED) is 0.728. The molecule has 28 heavy (non-hydrogen) atoms. The van der Waals surface area contributed by atoms with Gasteiger partial charge in [-0.15, -0.1) is 0 Å². The molecule has 0 spiro atoms. The zero-order valence-electron chi connectivity index (χ0n) is 16.1. The van der Waals surface area contributed by atoms with E-state index in [-0.39, 0.29) is 16.2 Å². The van der Waals surface area contributed by atoms with Gasteiger partial charge in [0.25, 0.3) is 5.91 Å². The summed E-state index contributed by atoms with van der Waals surface area (Å²) in [5.41, 5.74) is 0.443. The lowest BCUT2D eigenvalue weighted by molar-refractivity contribution is 0.102. The van der Waals surface area contributed by atoms with E-state index in [1.165, 1.54) is 65.8 Å². The van der Waals surface area contributed by atoms with Gasteiger partial charge in [-0.1, -0.05) is 11.6 Å². The Morgan fingerprint density at radius 3 is 2.11 bits per heavy atom. The summed E-state index contributed by atoms with van der Waals surface area (Å²) in [5, 5.41) is 2.99. The van der Waals surface area contributed by atoms with Gasteiger partial charge in [0.15, 0.2) is 0 Å². The smallest absolute Gasteiger partial charge is 0.255 e. The van der Waals surface area contributed by atoms with E-state index in [0.29, 0.717) is 22.2 Å². The minimum Gasteiger partial charge on any atom is -0.495 e. The Kier molecular flexibility index (Phi) is 6.76. The second kappa shape index (κ2) is 8.68. The van der Waals surface area contributed by atoms with E-state index < -0.39 is 15.9 Å². The van der Waals surface area contributed by atoms with E-state index in [1.807, 2.05) is 0 Å². The maximum Gasteiger partial charge on any atom is 0.255 e.